The molecule has 0 amide bonds. The second-order valence-electron chi connectivity index (χ2n) is 4.50. The highest BCUT2D eigenvalue weighted by atomic mass is 32.2. The van der Waals surface area contributed by atoms with Gasteiger partial charge < -0.3 is 9.67 Å². The van der Waals surface area contributed by atoms with Crippen LogP contribution in [-0.2, 0) is 30.2 Å². The quantitative estimate of drug-likeness (QED) is 0.873. The summed E-state index contributed by atoms with van der Waals surface area (Å²) in [5.74, 6) is -1.54. The highest BCUT2D eigenvalue weighted by molar-refractivity contribution is 7.89. The normalized spacial score (nSPS) is 11.8. The fraction of sp³-hybridized carbons (Fsp3) is 0.231. The lowest BCUT2D eigenvalue weighted by Crippen LogP contribution is -2.23. The topological polar surface area (TPSA) is 71.3 Å². The van der Waals surface area contributed by atoms with E-state index in [1.54, 1.807) is 7.05 Å². The molecule has 0 saturated carbocycles. The summed E-state index contributed by atoms with van der Waals surface area (Å²) >= 11 is 0. The largest absolute Gasteiger partial charge is 0.390 e. The summed E-state index contributed by atoms with van der Waals surface area (Å²) in [6.45, 7) is -0.587. The number of nitrogens with zero attached hydrogens (tertiary/aromatic N) is 1. The third-order valence-electron chi connectivity index (χ3n) is 3.02. The number of benzene rings is 1. The molecule has 5 nitrogen and oxygen atoms in total. The van der Waals surface area contributed by atoms with E-state index < -0.39 is 21.7 Å². The number of aliphatic hydroxyl groups is 1. The van der Waals surface area contributed by atoms with Crippen molar-refractivity contribution in [3.8, 4) is 0 Å². The highest BCUT2D eigenvalue weighted by Gasteiger charge is 2.18. The molecule has 21 heavy (non-hydrogen) atoms. The lowest BCUT2D eigenvalue weighted by molar-refractivity contribution is 0.272. The Morgan fingerprint density at radius 1 is 1.29 bits per heavy atom. The van der Waals surface area contributed by atoms with Crippen LogP contribution >= 0.6 is 0 Å². The zero-order chi connectivity index (χ0) is 15.6. The molecule has 0 atom stereocenters. The Morgan fingerprint density at radius 3 is 2.57 bits per heavy atom. The summed E-state index contributed by atoms with van der Waals surface area (Å²) in [5.41, 5.74) is 0.474. The summed E-state index contributed by atoms with van der Waals surface area (Å²) in [6.07, 6.45) is 1.34. The van der Waals surface area contributed by atoms with Gasteiger partial charge in [0, 0.05) is 37.1 Å². The second-order valence-corrected chi connectivity index (χ2v) is 6.26. The van der Waals surface area contributed by atoms with Crippen LogP contribution in [0.15, 0.2) is 35.4 Å². The van der Waals surface area contributed by atoms with Crippen LogP contribution in [0.2, 0.25) is 0 Å². The summed E-state index contributed by atoms with van der Waals surface area (Å²) in [4.78, 5) is -0.0310. The molecule has 114 valence electrons. The minimum atomic E-state index is -3.84. The first kappa shape index (κ1) is 15.6. The maximum atomic E-state index is 13.4. The van der Waals surface area contributed by atoms with E-state index in [1.807, 2.05) is 0 Å². The van der Waals surface area contributed by atoms with E-state index in [4.69, 9.17) is 5.11 Å². The number of aliphatic hydroxyl groups excluding tert-OH is 1. The number of rotatable bonds is 5. The zero-order valence-corrected chi connectivity index (χ0v) is 12.0. The third kappa shape index (κ3) is 3.46. The fourth-order valence-electron chi connectivity index (χ4n) is 1.80. The number of halogens is 2. The van der Waals surface area contributed by atoms with Crippen LogP contribution in [0, 0.1) is 11.6 Å². The number of hydrogen-bond donors (Lipinski definition) is 2. The number of aromatic nitrogens is 1. The SMILES string of the molecule is Cn1cc(S(=O)(=O)NCc2ccc(F)cc2F)cc1CO. The summed E-state index contributed by atoms with van der Waals surface area (Å²) in [6, 6.07) is 4.25. The van der Waals surface area contributed by atoms with Crippen molar-refractivity contribution >= 4 is 10.0 Å². The first-order valence-corrected chi connectivity index (χ1v) is 7.51. The van der Waals surface area contributed by atoms with Gasteiger partial charge in [-0.2, -0.15) is 0 Å². The number of aryl methyl sites for hydroxylation is 1. The predicted molar refractivity (Wildman–Crippen MR) is 71.7 cm³/mol. The minimum absolute atomic E-state index is 0.0310. The maximum absolute atomic E-state index is 13.4. The Kier molecular flexibility index (Phi) is 4.40. The number of nitrogens with one attached hydrogen (secondary N) is 1. The zero-order valence-electron chi connectivity index (χ0n) is 11.2. The van der Waals surface area contributed by atoms with Gasteiger partial charge in [0.2, 0.25) is 10.0 Å². The van der Waals surface area contributed by atoms with Gasteiger partial charge in [0.05, 0.1) is 11.5 Å². The predicted octanol–water partition coefficient (Wildman–Crippen LogP) is 1.27. The number of hydrogen-bond acceptors (Lipinski definition) is 3. The molecule has 0 radical (unpaired) electrons. The molecular weight excluding hydrogens is 302 g/mol. The molecule has 0 aliphatic rings. The Morgan fingerprint density at radius 2 is 2.00 bits per heavy atom. The molecule has 0 spiro atoms. The van der Waals surface area contributed by atoms with Crippen molar-refractivity contribution in [1.82, 2.24) is 9.29 Å². The van der Waals surface area contributed by atoms with Gasteiger partial charge in [-0.1, -0.05) is 6.07 Å². The number of sulfonamides is 1. The van der Waals surface area contributed by atoms with Gasteiger partial charge in [-0.15, -0.1) is 0 Å². The Hall–Kier alpha value is -1.77. The van der Waals surface area contributed by atoms with E-state index >= 15 is 0 Å². The van der Waals surface area contributed by atoms with Gasteiger partial charge in [0.25, 0.3) is 0 Å². The van der Waals surface area contributed by atoms with Crippen LogP contribution in [0.4, 0.5) is 8.78 Å². The first-order valence-electron chi connectivity index (χ1n) is 6.03. The molecule has 8 heteroatoms. The van der Waals surface area contributed by atoms with Crippen molar-refractivity contribution in [3.63, 3.8) is 0 Å². The molecule has 1 aromatic heterocycles. The molecule has 2 aromatic rings. The van der Waals surface area contributed by atoms with Crippen molar-refractivity contribution in [2.45, 2.75) is 18.0 Å². The standard InChI is InChI=1S/C13H14F2N2O3S/c1-17-7-12(5-11(17)8-18)21(19,20)16-6-9-2-3-10(14)4-13(9)15/h2-5,7,16,18H,6,8H2,1H3. The molecular formula is C13H14F2N2O3S. The smallest absolute Gasteiger partial charge is 0.242 e. The Balaban J connectivity index is 2.17. The van der Waals surface area contributed by atoms with Crippen LogP contribution in [0.1, 0.15) is 11.3 Å². The average molecular weight is 316 g/mol. The third-order valence-corrected chi connectivity index (χ3v) is 4.39. The Labute approximate surface area is 120 Å². The summed E-state index contributed by atoms with van der Waals surface area (Å²) in [5, 5.41) is 9.05. The molecule has 1 heterocycles. The van der Waals surface area contributed by atoms with E-state index in [0.717, 1.165) is 6.07 Å². The van der Waals surface area contributed by atoms with Crippen LogP contribution < -0.4 is 4.72 Å². The average Bonchev–Trinajstić information content (AvgIpc) is 2.80. The van der Waals surface area contributed by atoms with Gasteiger partial charge in [0.1, 0.15) is 11.6 Å². The van der Waals surface area contributed by atoms with E-state index in [1.165, 1.54) is 22.9 Å². The van der Waals surface area contributed by atoms with Crippen molar-refractivity contribution in [1.29, 1.82) is 0 Å². The van der Waals surface area contributed by atoms with Gasteiger partial charge in [-0.3, -0.25) is 0 Å². The van der Waals surface area contributed by atoms with Gasteiger partial charge >= 0.3 is 0 Å². The van der Waals surface area contributed by atoms with Gasteiger partial charge in [-0.25, -0.2) is 21.9 Å². The lowest BCUT2D eigenvalue weighted by Gasteiger charge is -2.06. The highest BCUT2D eigenvalue weighted by Crippen LogP contribution is 2.15. The van der Waals surface area contributed by atoms with Crippen LogP contribution in [0.3, 0.4) is 0 Å². The van der Waals surface area contributed by atoms with Crippen molar-refractivity contribution in [3.05, 3.63) is 53.4 Å². The van der Waals surface area contributed by atoms with Gasteiger partial charge in [-0.05, 0) is 12.1 Å². The molecule has 2 N–H and O–H groups in total. The van der Waals surface area contributed by atoms with E-state index in [9.17, 15) is 17.2 Å². The molecule has 0 saturated heterocycles. The van der Waals surface area contributed by atoms with Gasteiger partial charge in [0.15, 0.2) is 0 Å². The van der Waals surface area contributed by atoms with Crippen LogP contribution in [0.5, 0.6) is 0 Å². The summed E-state index contributed by atoms with van der Waals surface area (Å²) in [7, 11) is -2.24. The molecule has 0 fully saturated rings. The van der Waals surface area contributed by atoms with E-state index in [0.29, 0.717) is 11.8 Å². The molecule has 0 aliphatic heterocycles. The second kappa shape index (κ2) is 5.92. The fourth-order valence-corrected chi connectivity index (χ4v) is 2.90. The summed E-state index contributed by atoms with van der Waals surface area (Å²) < 4.78 is 54.0. The Bertz CT molecular complexity index is 757. The monoisotopic (exact) mass is 316 g/mol. The van der Waals surface area contributed by atoms with Crippen LogP contribution in [-0.4, -0.2) is 18.1 Å². The maximum Gasteiger partial charge on any atom is 0.242 e. The van der Waals surface area contributed by atoms with Crippen molar-refractivity contribution in [2.75, 3.05) is 0 Å². The molecule has 0 aliphatic carbocycles. The van der Waals surface area contributed by atoms with E-state index in [2.05, 4.69) is 4.72 Å². The lowest BCUT2D eigenvalue weighted by atomic mass is 10.2. The molecule has 2 rings (SSSR count). The van der Waals surface area contributed by atoms with Crippen LogP contribution in [0.25, 0.3) is 0 Å². The minimum Gasteiger partial charge on any atom is -0.390 e. The molecule has 1 aromatic carbocycles. The molecule has 0 bridgehead atoms. The van der Waals surface area contributed by atoms with E-state index in [-0.39, 0.29) is 23.6 Å². The first-order chi connectivity index (χ1) is 9.83. The molecule has 0 unspecified atom stereocenters. The van der Waals surface area contributed by atoms with Crippen molar-refractivity contribution in [2.24, 2.45) is 7.05 Å². The van der Waals surface area contributed by atoms with Crippen molar-refractivity contribution < 1.29 is 22.3 Å².